The highest BCUT2D eigenvalue weighted by Crippen LogP contribution is 2.18. The Balaban J connectivity index is 2.81. The van der Waals surface area contributed by atoms with Crippen LogP contribution in [0.5, 0.6) is 0 Å². The third kappa shape index (κ3) is 2.74. The standard InChI is InChI=1S/C6H5ClO5S/c7-13(9,10)6-2-1-5(12-6)3-11-4-8/h1-2,4H,3H2. The fourth-order valence-electron chi connectivity index (χ4n) is 0.683. The molecule has 0 aliphatic rings. The van der Waals surface area contributed by atoms with Crippen LogP contribution in [0, 0.1) is 0 Å². The maximum absolute atomic E-state index is 10.7. The largest absolute Gasteiger partial charge is 0.460 e. The maximum atomic E-state index is 10.7. The molecular weight excluding hydrogens is 220 g/mol. The summed E-state index contributed by atoms with van der Waals surface area (Å²) in [6.07, 6.45) is 0. The Bertz CT molecular complexity index is 393. The Hall–Kier alpha value is -1.01. The lowest BCUT2D eigenvalue weighted by atomic mass is 10.5. The summed E-state index contributed by atoms with van der Waals surface area (Å²) in [7, 11) is 1.13. The highest BCUT2D eigenvalue weighted by Gasteiger charge is 2.14. The first-order valence-electron chi connectivity index (χ1n) is 3.12. The van der Waals surface area contributed by atoms with Gasteiger partial charge in [0.2, 0.25) is 5.09 Å². The molecule has 0 spiro atoms. The molecule has 0 radical (unpaired) electrons. The average Bonchev–Trinajstić information content (AvgIpc) is 2.47. The summed E-state index contributed by atoms with van der Waals surface area (Å²) in [4.78, 5) is 9.77. The van der Waals surface area contributed by atoms with Gasteiger partial charge in [0.1, 0.15) is 12.4 Å². The van der Waals surface area contributed by atoms with E-state index in [9.17, 15) is 13.2 Å². The van der Waals surface area contributed by atoms with E-state index < -0.39 is 9.05 Å². The van der Waals surface area contributed by atoms with Crippen LogP contribution < -0.4 is 0 Å². The van der Waals surface area contributed by atoms with Gasteiger partial charge in [0, 0.05) is 10.7 Å². The predicted molar refractivity (Wildman–Crippen MR) is 42.6 cm³/mol. The first-order valence-corrected chi connectivity index (χ1v) is 5.43. The van der Waals surface area contributed by atoms with Crippen molar-refractivity contribution in [2.75, 3.05) is 0 Å². The zero-order valence-electron chi connectivity index (χ0n) is 6.27. The molecule has 13 heavy (non-hydrogen) atoms. The average molecular weight is 225 g/mol. The molecule has 7 heteroatoms. The summed E-state index contributed by atoms with van der Waals surface area (Å²) < 4.78 is 30.4. The molecule has 0 aromatic carbocycles. The molecule has 1 aromatic rings. The number of rotatable bonds is 4. The van der Waals surface area contributed by atoms with E-state index in [1.165, 1.54) is 12.1 Å². The van der Waals surface area contributed by atoms with E-state index in [4.69, 9.17) is 15.1 Å². The minimum absolute atomic E-state index is 0.115. The van der Waals surface area contributed by atoms with Crippen molar-refractivity contribution in [3.8, 4) is 0 Å². The molecule has 0 saturated carbocycles. The van der Waals surface area contributed by atoms with Gasteiger partial charge >= 0.3 is 0 Å². The van der Waals surface area contributed by atoms with Gasteiger partial charge in [0.15, 0.2) is 0 Å². The van der Waals surface area contributed by atoms with Gasteiger partial charge in [0.05, 0.1) is 0 Å². The molecule has 0 amide bonds. The molecule has 0 atom stereocenters. The molecule has 0 unspecified atom stereocenters. The highest BCUT2D eigenvalue weighted by molar-refractivity contribution is 8.13. The molecule has 1 rings (SSSR count). The minimum Gasteiger partial charge on any atom is -0.460 e. The number of carbonyl (C=O) groups excluding carboxylic acids is 1. The van der Waals surface area contributed by atoms with Crippen LogP contribution in [-0.2, 0) is 25.2 Å². The minimum atomic E-state index is -3.85. The summed E-state index contributed by atoms with van der Waals surface area (Å²) in [6, 6.07) is 2.55. The molecule has 0 aliphatic carbocycles. The fraction of sp³-hybridized carbons (Fsp3) is 0.167. The molecule has 5 nitrogen and oxygen atoms in total. The number of hydrogen-bond acceptors (Lipinski definition) is 5. The first-order chi connectivity index (χ1) is 6.04. The fourth-order valence-corrected chi connectivity index (χ4v) is 1.37. The zero-order valence-corrected chi connectivity index (χ0v) is 7.84. The van der Waals surface area contributed by atoms with Crippen molar-refractivity contribution in [3.63, 3.8) is 0 Å². The predicted octanol–water partition coefficient (Wildman–Crippen LogP) is 0.880. The monoisotopic (exact) mass is 224 g/mol. The van der Waals surface area contributed by atoms with Crippen LogP contribution in [0.2, 0.25) is 0 Å². The Morgan fingerprint density at radius 3 is 2.69 bits per heavy atom. The number of furan rings is 1. The number of halogens is 1. The van der Waals surface area contributed by atoms with Crippen LogP contribution in [-0.4, -0.2) is 14.9 Å². The summed E-state index contributed by atoms with van der Waals surface area (Å²) in [6.45, 7) is 0.118. The van der Waals surface area contributed by atoms with Crippen LogP contribution in [0.25, 0.3) is 0 Å². The van der Waals surface area contributed by atoms with Crippen molar-refractivity contribution in [2.45, 2.75) is 11.7 Å². The lowest BCUT2D eigenvalue weighted by molar-refractivity contribution is -0.130. The molecule has 0 N–H and O–H groups in total. The molecule has 0 aliphatic heterocycles. The number of carbonyl (C=O) groups is 1. The summed E-state index contributed by atoms with van der Waals surface area (Å²) in [5.74, 6) is 0.214. The van der Waals surface area contributed by atoms with Crippen molar-refractivity contribution in [2.24, 2.45) is 0 Å². The normalized spacial score (nSPS) is 11.2. The molecule has 1 aromatic heterocycles. The topological polar surface area (TPSA) is 73.6 Å². The lowest BCUT2D eigenvalue weighted by Crippen LogP contribution is -1.88. The Morgan fingerprint density at radius 2 is 2.23 bits per heavy atom. The van der Waals surface area contributed by atoms with E-state index in [1.807, 2.05) is 0 Å². The summed E-state index contributed by atoms with van der Waals surface area (Å²) >= 11 is 0. The van der Waals surface area contributed by atoms with Crippen molar-refractivity contribution in [1.29, 1.82) is 0 Å². The summed E-state index contributed by atoms with van der Waals surface area (Å²) in [5, 5.41) is -0.362. The quantitative estimate of drug-likeness (QED) is 0.561. The van der Waals surface area contributed by atoms with Gasteiger partial charge in [0.25, 0.3) is 15.5 Å². The third-order valence-corrected chi connectivity index (χ3v) is 2.33. The molecular formula is C6H5ClO5S. The van der Waals surface area contributed by atoms with Gasteiger partial charge in [-0.15, -0.1) is 0 Å². The van der Waals surface area contributed by atoms with Gasteiger partial charge < -0.3 is 9.15 Å². The smallest absolute Gasteiger partial charge is 0.294 e. The van der Waals surface area contributed by atoms with Crippen LogP contribution in [0.4, 0.5) is 0 Å². The Labute approximate surface area is 78.7 Å². The van der Waals surface area contributed by atoms with E-state index in [0.29, 0.717) is 0 Å². The molecule has 1 heterocycles. The van der Waals surface area contributed by atoms with E-state index >= 15 is 0 Å². The van der Waals surface area contributed by atoms with E-state index in [0.717, 1.165) is 0 Å². The van der Waals surface area contributed by atoms with E-state index in [2.05, 4.69) is 4.74 Å². The van der Waals surface area contributed by atoms with Crippen molar-refractivity contribution < 1.29 is 22.4 Å². The zero-order chi connectivity index (χ0) is 9.90. The maximum Gasteiger partial charge on any atom is 0.294 e. The van der Waals surface area contributed by atoms with Gasteiger partial charge in [-0.1, -0.05) is 0 Å². The van der Waals surface area contributed by atoms with Gasteiger partial charge in [-0.3, -0.25) is 4.79 Å². The SMILES string of the molecule is O=COCc1ccc(S(=O)(=O)Cl)o1. The second-order valence-corrected chi connectivity index (χ2v) is 4.56. The van der Waals surface area contributed by atoms with E-state index in [1.54, 1.807) is 0 Å². The molecule has 72 valence electrons. The number of ether oxygens (including phenoxy) is 1. The van der Waals surface area contributed by atoms with E-state index in [-0.39, 0.29) is 23.9 Å². The van der Waals surface area contributed by atoms with Crippen LogP contribution in [0.1, 0.15) is 5.76 Å². The molecule has 0 fully saturated rings. The van der Waals surface area contributed by atoms with Crippen molar-refractivity contribution >= 4 is 26.2 Å². The lowest BCUT2D eigenvalue weighted by Gasteiger charge is -1.92. The van der Waals surface area contributed by atoms with Crippen LogP contribution in [0.15, 0.2) is 21.6 Å². The van der Waals surface area contributed by atoms with Gasteiger partial charge in [-0.2, -0.15) is 0 Å². The first kappa shape index (κ1) is 10.1. The van der Waals surface area contributed by atoms with Crippen molar-refractivity contribution in [1.82, 2.24) is 0 Å². The van der Waals surface area contributed by atoms with Crippen molar-refractivity contribution in [3.05, 3.63) is 17.9 Å². The second kappa shape index (κ2) is 3.80. The molecule has 0 bridgehead atoms. The second-order valence-electron chi connectivity index (χ2n) is 2.07. The summed E-state index contributed by atoms with van der Waals surface area (Å²) in [5.41, 5.74) is 0. The van der Waals surface area contributed by atoms with Gasteiger partial charge in [-0.05, 0) is 12.1 Å². The Kier molecular flexibility index (Phi) is 2.94. The molecule has 0 saturated heterocycles. The number of hydrogen-bond donors (Lipinski definition) is 0. The third-order valence-electron chi connectivity index (χ3n) is 1.17. The Morgan fingerprint density at radius 1 is 1.54 bits per heavy atom. The van der Waals surface area contributed by atoms with Crippen LogP contribution in [0.3, 0.4) is 0 Å². The van der Waals surface area contributed by atoms with Crippen LogP contribution >= 0.6 is 10.7 Å². The van der Waals surface area contributed by atoms with Gasteiger partial charge in [-0.25, -0.2) is 8.42 Å². The highest BCUT2D eigenvalue weighted by atomic mass is 35.7.